The number of carbonyl (C=O) groups is 1. The van der Waals surface area contributed by atoms with Gasteiger partial charge in [-0.3, -0.25) is 0 Å². The first-order valence-electron chi connectivity index (χ1n) is 6.14. The van der Waals surface area contributed by atoms with Crippen LogP contribution in [0.25, 0.3) is 0 Å². The van der Waals surface area contributed by atoms with Gasteiger partial charge in [0.2, 0.25) is 0 Å². The molecule has 1 fully saturated rings. The summed E-state index contributed by atoms with van der Waals surface area (Å²) in [5.41, 5.74) is -0.402. The molecule has 17 heavy (non-hydrogen) atoms. The molecule has 1 aliphatic heterocycles. The molecular formula is C12H25N3O2. The van der Waals surface area contributed by atoms with Gasteiger partial charge in [-0.05, 0) is 34.9 Å². The monoisotopic (exact) mass is 243 g/mol. The molecule has 0 radical (unpaired) electrons. The van der Waals surface area contributed by atoms with Crippen LogP contribution < -0.4 is 5.32 Å². The number of carbonyl (C=O) groups excluding carboxylic acids is 1. The summed E-state index contributed by atoms with van der Waals surface area (Å²) in [4.78, 5) is 15.5. The number of ether oxygens (including phenoxy) is 1. The van der Waals surface area contributed by atoms with Crippen LogP contribution in [0.1, 0.15) is 20.8 Å². The fraction of sp³-hybridized carbons (Fsp3) is 0.917. The summed E-state index contributed by atoms with van der Waals surface area (Å²) in [6.07, 6.45) is -0.205. The fourth-order valence-electron chi connectivity index (χ4n) is 1.58. The minimum atomic E-state index is -0.402. The van der Waals surface area contributed by atoms with Crippen LogP contribution in [-0.2, 0) is 4.74 Å². The average molecular weight is 243 g/mol. The summed E-state index contributed by atoms with van der Waals surface area (Å²) in [7, 11) is 4.10. The fourth-order valence-corrected chi connectivity index (χ4v) is 1.58. The number of nitrogens with zero attached hydrogens (tertiary/aromatic N) is 2. The molecule has 0 aromatic heterocycles. The Hall–Kier alpha value is -0.810. The minimum absolute atomic E-state index is 0.205. The Bertz CT molecular complexity index is 255. The number of hydrogen-bond acceptors (Lipinski definition) is 4. The molecule has 5 nitrogen and oxygen atoms in total. The van der Waals surface area contributed by atoms with Crippen LogP contribution in [0, 0.1) is 0 Å². The third kappa shape index (κ3) is 5.37. The lowest BCUT2D eigenvalue weighted by Crippen LogP contribution is -2.61. The van der Waals surface area contributed by atoms with Crippen LogP contribution in [0.15, 0.2) is 0 Å². The summed E-state index contributed by atoms with van der Waals surface area (Å²) in [5.74, 6) is 0. The van der Waals surface area contributed by atoms with Crippen molar-refractivity contribution in [2.75, 3.05) is 40.3 Å². The topological polar surface area (TPSA) is 44.8 Å². The van der Waals surface area contributed by atoms with E-state index in [4.69, 9.17) is 4.74 Å². The average Bonchev–Trinajstić information content (AvgIpc) is 2.04. The summed E-state index contributed by atoms with van der Waals surface area (Å²) >= 11 is 0. The minimum Gasteiger partial charge on any atom is -0.444 e. The first kappa shape index (κ1) is 14.3. The standard InChI is InChI=1S/C12H25N3O2/c1-12(2,3)17-11(16)15-8-10(9-15)13-6-7-14(4)5/h10,13H,6-9H2,1-5H3. The molecular weight excluding hydrogens is 218 g/mol. The Kier molecular flexibility index (Phi) is 4.77. The largest absolute Gasteiger partial charge is 0.444 e. The van der Waals surface area contributed by atoms with E-state index in [1.54, 1.807) is 4.90 Å². The predicted molar refractivity (Wildman–Crippen MR) is 68.2 cm³/mol. The first-order chi connectivity index (χ1) is 7.78. The highest BCUT2D eigenvalue weighted by Gasteiger charge is 2.33. The lowest BCUT2D eigenvalue weighted by atomic mass is 10.1. The number of nitrogens with one attached hydrogen (secondary N) is 1. The van der Waals surface area contributed by atoms with Crippen LogP contribution in [0.2, 0.25) is 0 Å². The molecule has 100 valence electrons. The maximum atomic E-state index is 11.6. The summed E-state index contributed by atoms with van der Waals surface area (Å²) in [5, 5.41) is 3.41. The van der Waals surface area contributed by atoms with Crippen molar-refractivity contribution in [3.8, 4) is 0 Å². The van der Waals surface area contributed by atoms with E-state index in [1.807, 2.05) is 20.8 Å². The second kappa shape index (κ2) is 5.69. The van der Waals surface area contributed by atoms with Gasteiger partial charge >= 0.3 is 6.09 Å². The molecule has 0 unspecified atom stereocenters. The molecule has 0 aliphatic carbocycles. The third-order valence-electron chi connectivity index (χ3n) is 2.53. The van der Waals surface area contributed by atoms with Crippen LogP contribution in [-0.4, -0.2) is 67.8 Å². The molecule has 0 spiro atoms. The highest BCUT2D eigenvalue weighted by atomic mass is 16.6. The predicted octanol–water partition coefficient (Wildman–Crippen LogP) is 0.757. The molecule has 1 N–H and O–H groups in total. The number of amides is 1. The van der Waals surface area contributed by atoms with E-state index in [0.717, 1.165) is 26.2 Å². The van der Waals surface area contributed by atoms with Crippen molar-refractivity contribution >= 4 is 6.09 Å². The van der Waals surface area contributed by atoms with Gasteiger partial charge in [-0.1, -0.05) is 0 Å². The smallest absolute Gasteiger partial charge is 0.410 e. The number of hydrogen-bond donors (Lipinski definition) is 1. The van der Waals surface area contributed by atoms with Gasteiger partial charge in [0, 0.05) is 32.2 Å². The molecule has 0 bridgehead atoms. The number of likely N-dealkylation sites (N-methyl/N-ethyl adjacent to an activating group) is 1. The number of rotatable bonds is 4. The molecule has 1 rings (SSSR count). The molecule has 0 atom stereocenters. The van der Waals surface area contributed by atoms with Gasteiger partial charge in [-0.25, -0.2) is 4.79 Å². The highest BCUT2D eigenvalue weighted by Crippen LogP contribution is 2.14. The Labute approximate surface area is 104 Å². The van der Waals surface area contributed by atoms with Crippen LogP contribution in [0.4, 0.5) is 4.79 Å². The molecule has 1 saturated heterocycles. The van der Waals surface area contributed by atoms with E-state index in [-0.39, 0.29) is 6.09 Å². The van der Waals surface area contributed by atoms with E-state index in [2.05, 4.69) is 24.3 Å². The van der Waals surface area contributed by atoms with Gasteiger partial charge in [-0.15, -0.1) is 0 Å². The van der Waals surface area contributed by atoms with Crippen LogP contribution in [0.3, 0.4) is 0 Å². The molecule has 1 amide bonds. The zero-order chi connectivity index (χ0) is 13.1. The molecule has 5 heteroatoms. The quantitative estimate of drug-likeness (QED) is 0.791. The van der Waals surface area contributed by atoms with Crippen molar-refractivity contribution in [2.45, 2.75) is 32.4 Å². The normalized spacial score (nSPS) is 17.2. The zero-order valence-electron chi connectivity index (χ0n) is 11.6. The van der Waals surface area contributed by atoms with E-state index >= 15 is 0 Å². The molecule has 0 aromatic carbocycles. The van der Waals surface area contributed by atoms with E-state index < -0.39 is 5.60 Å². The highest BCUT2D eigenvalue weighted by molar-refractivity contribution is 5.69. The van der Waals surface area contributed by atoms with E-state index in [9.17, 15) is 4.79 Å². The second-order valence-electron chi connectivity index (χ2n) is 5.84. The lowest BCUT2D eigenvalue weighted by molar-refractivity contribution is 0.00527. The van der Waals surface area contributed by atoms with E-state index in [1.165, 1.54) is 0 Å². The molecule has 1 heterocycles. The first-order valence-corrected chi connectivity index (χ1v) is 6.14. The summed E-state index contributed by atoms with van der Waals surface area (Å²) in [6, 6.07) is 0.419. The summed E-state index contributed by atoms with van der Waals surface area (Å²) in [6.45, 7) is 9.14. The van der Waals surface area contributed by atoms with Gasteiger partial charge in [0.25, 0.3) is 0 Å². The van der Waals surface area contributed by atoms with Crippen molar-refractivity contribution in [1.82, 2.24) is 15.1 Å². The Morgan fingerprint density at radius 3 is 2.47 bits per heavy atom. The molecule has 0 saturated carbocycles. The second-order valence-corrected chi connectivity index (χ2v) is 5.84. The SMILES string of the molecule is CN(C)CCNC1CN(C(=O)OC(C)(C)C)C1. The Balaban J connectivity index is 2.12. The maximum Gasteiger partial charge on any atom is 0.410 e. The van der Waals surface area contributed by atoms with E-state index in [0.29, 0.717) is 6.04 Å². The van der Waals surface area contributed by atoms with Gasteiger partial charge in [0.1, 0.15) is 5.60 Å². The summed E-state index contributed by atoms with van der Waals surface area (Å²) < 4.78 is 5.28. The van der Waals surface area contributed by atoms with Gasteiger partial charge in [0.15, 0.2) is 0 Å². The van der Waals surface area contributed by atoms with Gasteiger partial charge in [-0.2, -0.15) is 0 Å². The maximum absolute atomic E-state index is 11.6. The van der Waals surface area contributed by atoms with Gasteiger partial charge in [0.05, 0.1) is 0 Å². The van der Waals surface area contributed by atoms with Crippen molar-refractivity contribution in [2.24, 2.45) is 0 Å². The van der Waals surface area contributed by atoms with Crippen molar-refractivity contribution in [3.63, 3.8) is 0 Å². The van der Waals surface area contributed by atoms with Gasteiger partial charge < -0.3 is 19.9 Å². The van der Waals surface area contributed by atoms with Crippen LogP contribution in [0.5, 0.6) is 0 Å². The lowest BCUT2D eigenvalue weighted by Gasteiger charge is -2.40. The Morgan fingerprint density at radius 1 is 1.41 bits per heavy atom. The molecule has 0 aromatic rings. The Morgan fingerprint density at radius 2 is 2.00 bits per heavy atom. The third-order valence-corrected chi connectivity index (χ3v) is 2.53. The van der Waals surface area contributed by atoms with Crippen molar-refractivity contribution in [3.05, 3.63) is 0 Å². The van der Waals surface area contributed by atoms with Crippen molar-refractivity contribution < 1.29 is 9.53 Å². The number of likely N-dealkylation sites (tertiary alicyclic amines) is 1. The van der Waals surface area contributed by atoms with Crippen molar-refractivity contribution in [1.29, 1.82) is 0 Å². The zero-order valence-corrected chi connectivity index (χ0v) is 11.6. The van der Waals surface area contributed by atoms with Crippen LogP contribution >= 0.6 is 0 Å². The molecule has 1 aliphatic rings.